The molecule has 1 fully saturated rings. The lowest BCUT2D eigenvalue weighted by Crippen LogP contribution is -2.46. The summed E-state index contributed by atoms with van der Waals surface area (Å²) in [5, 5.41) is 1.13. The maximum Gasteiger partial charge on any atom is 0.252 e. The molecule has 0 unspecified atom stereocenters. The number of pyridine rings is 1. The number of fused-ring (bicyclic) bond motifs is 1. The third-order valence-corrected chi connectivity index (χ3v) is 5.05. The number of nitrogens with zero attached hydrogens (tertiary/aromatic N) is 2. The minimum Gasteiger partial charge on any atom is -0.385 e. The summed E-state index contributed by atoms with van der Waals surface area (Å²) in [7, 11) is 1.75. The van der Waals surface area contributed by atoms with Crippen LogP contribution < -0.4 is 5.56 Å². The molecule has 0 saturated carbocycles. The second-order valence-corrected chi connectivity index (χ2v) is 7.13. The number of benzene rings is 1. The summed E-state index contributed by atoms with van der Waals surface area (Å²) < 4.78 is 5.12. The van der Waals surface area contributed by atoms with Gasteiger partial charge in [0, 0.05) is 58.5 Å². The molecule has 1 aromatic carbocycles. The van der Waals surface area contributed by atoms with Crippen molar-refractivity contribution in [3.8, 4) is 0 Å². The van der Waals surface area contributed by atoms with Crippen LogP contribution in [0.1, 0.15) is 23.1 Å². The standard InChI is InChI=1S/C20H29N3O2/c1-15-11-16(2)19-17(12-15)13-18(20(24)21-19)14-23-8-6-22(7-9-23)5-4-10-25-3/h11-13H,4-10,14H2,1-3H3,(H,21,24). The summed E-state index contributed by atoms with van der Waals surface area (Å²) >= 11 is 0. The summed E-state index contributed by atoms with van der Waals surface area (Å²) in [6, 6.07) is 6.33. The van der Waals surface area contributed by atoms with E-state index in [0.29, 0.717) is 0 Å². The molecule has 1 aromatic heterocycles. The molecule has 0 amide bonds. The minimum absolute atomic E-state index is 0.0435. The second-order valence-electron chi connectivity index (χ2n) is 7.13. The van der Waals surface area contributed by atoms with E-state index in [1.807, 2.05) is 6.92 Å². The van der Waals surface area contributed by atoms with Gasteiger partial charge >= 0.3 is 0 Å². The highest BCUT2D eigenvalue weighted by Gasteiger charge is 2.18. The van der Waals surface area contributed by atoms with Crippen molar-refractivity contribution in [1.29, 1.82) is 0 Å². The number of aromatic nitrogens is 1. The van der Waals surface area contributed by atoms with E-state index in [0.717, 1.165) is 74.3 Å². The summed E-state index contributed by atoms with van der Waals surface area (Å²) in [6.07, 6.45) is 1.08. The van der Waals surface area contributed by atoms with E-state index in [1.54, 1.807) is 7.11 Å². The first-order valence-electron chi connectivity index (χ1n) is 9.13. The molecule has 0 aliphatic carbocycles. The monoisotopic (exact) mass is 343 g/mol. The van der Waals surface area contributed by atoms with Gasteiger partial charge in [-0.1, -0.05) is 11.6 Å². The van der Waals surface area contributed by atoms with Crippen molar-refractivity contribution in [2.45, 2.75) is 26.8 Å². The number of piperazine rings is 1. The van der Waals surface area contributed by atoms with Gasteiger partial charge in [0.15, 0.2) is 0 Å². The van der Waals surface area contributed by atoms with Gasteiger partial charge in [0.2, 0.25) is 0 Å². The summed E-state index contributed by atoms with van der Waals surface area (Å²) in [5.41, 5.74) is 4.23. The Labute approximate surface area is 149 Å². The Balaban J connectivity index is 1.66. The predicted octanol–water partition coefficient (Wildman–Crippen LogP) is 2.30. The Bertz CT molecular complexity index is 776. The highest BCUT2D eigenvalue weighted by atomic mass is 16.5. The van der Waals surface area contributed by atoms with E-state index >= 15 is 0 Å². The van der Waals surface area contributed by atoms with Crippen molar-refractivity contribution >= 4 is 10.9 Å². The average Bonchev–Trinajstić information content (AvgIpc) is 2.58. The van der Waals surface area contributed by atoms with Gasteiger partial charge in [-0.3, -0.25) is 9.69 Å². The molecule has 1 aliphatic rings. The minimum atomic E-state index is 0.0435. The van der Waals surface area contributed by atoms with Crippen molar-refractivity contribution in [1.82, 2.24) is 14.8 Å². The van der Waals surface area contributed by atoms with E-state index in [1.165, 1.54) is 5.56 Å². The average molecular weight is 343 g/mol. The van der Waals surface area contributed by atoms with Gasteiger partial charge < -0.3 is 14.6 Å². The summed E-state index contributed by atoms with van der Waals surface area (Å²) in [6.45, 7) is 10.9. The highest BCUT2D eigenvalue weighted by Crippen LogP contribution is 2.18. The molecule has 5 heteroatoms. The Morgan fingerprint density at radius 1 is 1.08 bits per heavy atom. The lowest BCUT2D eigenvalue weighted by Gasteiger charge is -2.34. The normalized spacial score (nSPS) is 16.6. The number of ether oxygens (including phenoxy) is 1. The molecule has 2 heterocycles. The fourth-order valence-electron chi connectivity index (χ4n) is 3.69. The predicted molar refractivity (Wildman–Crippen MR) is 102 cm³/mol. The molecule has 2 aromatic rings. The zero-order chi connectivity index (χ0) is 17.8. The van der Waals surface area contributed by atoms with E-state index in [9.17, 15) is 4.79 Å². The first-order chi connectivity index (χ1) is 12.1. The fraction of sp³-hybridized carbons (Fsp3) is 0.550. The zero-order valence-corrected chi connectivity index (χ0v) is 15.6. The molecule has 25 heavy (non-hydrogen) atoms. The Morgan fingerprint density at radius 3 is 2.52 bits per heavy atom. The van der Waals surface area contributed by atoms with Crippen molar-refractivity contribution < 1.29 is 4.74 Å². The first-order valence-corrected chi connectivity index (χ1v) is 9.13. The number of rotatable bonds is 6. The van der Waals surface area contributed by atoms with Gasteiger partial charge in [-0.2, -0.15) is 0 Å². The van der Waals surface area contributed by atoms with Gasteiger partial charge in [0.1, 0.15) is 0 Å². The lowest BCUT2D eigenvalue weighted by molar-refractivity contribution is 0.112. The SMILES string of the molecule is COCCCN1CCN(Cc2cc3cc(C)cc(C)c3[nH]c2=O)CC1. The molecule has 0 radical (unpaired) electrons. The van der Waals surface area contributed by atoms with Gasteiger partial charge in [0.25, 0.3) is 5.56 Å². The number of methoxy groups -OCH3 is 1. The van der Waals surface area contributed by atoms with Gasteiger partial charge in [-0.05, 0) is 43.4 Å². The van der Waals surface area contributed by atoms with Crippen LogP contribution in [0.3, 0.4) is 0 Å². The molecule has 1 saturated heterocycles. The van der Waals surface area contributed by atoms with Crippen LogP contribution >= 0.6 is 0 Å². The number of H-pyrrole nitrogens is 1. The fourth-order valence-corrected chi connectivity index (χ4v) is 3.69. The van der Waals surface area contributed by atoms with Crippen LogP contribution in [0.5, 0.6) is 0 Å². The molecule has 3 rings (SSSR count). The molecule has 0 atom stereocenters. The third kappa shape index (κ3) is 4.48. The Kier molecular flexibility index (Phi) is 5.89. The molecule has 0 spiro atoms. The smallest absolute Gasteiger partial charge is 0.252 e. The van der Waals surface area contributed by atoms with Crippen LogP contribution in [-0.4, -0.2) is 61.2 Å². The van der Waals surface area contributed by atoms with Crippen LogP contribution in [-0.2, 0) is 11.3 Å². The largest absolute Gasteiger partial charge is 0.385 e. The Morgan fingerprint density at radius 2 is 1.80 bits per heavy atom. The van der Waals surface area contributed by atoms with Gasteiger partial charge in [-0.25, -0.2) is 0 Å². The number of nitrogens with one attached hydrogen (secondary N) is 1. The van der Waals surface area contributed by atoms with E-state index in [4.69, 9.17) is 4.74 Å². The molecular weight excluding hydrogens is 314 g/mol. The van der Waals surface area contributed by atoms with Crippen molar-refractivity contribution in [2.24, 2.45) is 0 Å². The highest BCUT2D eigenvalue weighted by molar-refractivity contribution is 5.82. The molecular formula is C20H29N3O2. The Hall–Kier alpha value is -1.69. The topological polar surface area (TPSA) is 48.6 Å². The van der Waals surface area contributed by atoms with Crippen LogP contribution in [0.15, 0.2) is 23.0 Å². The van der Waals surface area contributed by atoms with Crippen LogP contribution in [0, 0.1) is 13.8 Å². The molecule has 136 valence electrons. The van der Waals surface area contributed by atoms with E-state index < -0.39 is 0 Å². The zero-order valence-electron chi connectivity index (χ0n) is 15.6. The van der Waals surface area contributed by atoms with Crippen molar-refractivity contribution in [3.63, 3.8) is 0 Å². The maximum atomic E-state index is 12.5. The molecule has 0 bridgehead atoms. The quantitative estimate of drug-likeness (QED) is 0.818. The summed E-state index contributed by atoms with van der Waals surface area (Å²) in [4.78, 5) is 20.4. The first kappa shape index (κ1) is 18.1. The molecule has 5 nitrogen and oxygen atoms in total. The van der Waals surface area contributed by atoms with Crippen molar-refractivity contribution in [2.75, 3.05) is 46.4 Å². The van der Waals surface area contributed by atoms with E-state index in [-0.39, 0.29) is 5.56 Å². The number of hydrogen-bond acceptors (Lipinski definition) is 4. The van der Waals surface area contributed by atoms with Crippen LogP contribution in [0.25, 0.3) is 10.9 Å². The molecule has 1 N–H and O–H groups in total. The van der Waals surface area contributed by atoms with E-state index in [2.05, 4.69) is 39.9 Å². The maximum absolute atomic E-state index is 12.5. The van der Waals surface area contributed by atoms with Gasteiger partial charge in [-0.15, -0.1) is 0 Å². The third-order valence-electron chi connectivity index (χ3n) is 5.05. The number of aryl methyl sites for hydroxylation is 2. The lowest BCUT2D eigenvalue weighted by atomic mass is 10.0. The summed E-state index contributed by atoms with van der Waals surface area (Å²) in [5.74, 6) is 0. The van der Waals surface area contributed by atoms with Gasteiger partial charge in [0.05, 0.1) is 5.52 Å². The number of hydrogen-bond donors (Lipinski definition) is 1. The van der Waals surface area contributed by atoms with Crippen molar-refractivity contribution in [3.05, 3.63) is 45.2 Å². The second kappa shape index (κ2) is 8.13. The molecule has 1 aliphatic heterocycles. The number of aromatic amines is 1. The van der Waals surface area contributed by atoms with Crippen LogP contribution in [0.4, 0.5) is 0 Å². The van der Waals surface area contributed by atoms with Crippen LogP contribution in [0.2, 0.25) is 0 Å².